The number of carbonyl (C=O) groups is 1. The molecule has 1 aliphatic heterocycles. The van der Waals surface area contributed by atoms with Crippen molar-refractivity contribution in [1.29, 1.82) is 0 Å². The first-order valence-electron chi connectivity index (χ1n) is 9.43. The van der Waals surface area contributed by atoms with E-state index in [0.717, 1.165) is 30.6 Å². The zero-order chi connectivity index (χ0) is 16.7. The molecular formula is C19H29N3O2. The molecule has 5 rings (SSSR count). The van der Waals surface area contributed by atoms with Crippen LogP contribution in [-0.4, -0.2) is 43.1 Å². The van der Waals surface area contributed by atoms with Gasteiger partial charge >= 0.3 is 6.03 Å². The summed E-state index contributed by atoms with van der Waals surface area (Å²) in [5, 5.41) is 3.27. The van der Waals surface area contributed by atoms with Gasteiger partial charge in [-0.2, -0.15) is 4.99 Å². The Kier molecular flexibility index (Phi) is 4.37. The van der Waals surface area contributed by atoms with E-state index >= 15 is 0 Å². The maximum atomic E-state index is 12.5. The predicted molar refractivity (Wildman–Crippen MR) is 93.8 cm³/mol. The second kappa shape index (κ2) is 6.51. The highest BCUT2D eigenvalue weighted by molar-refractivity contribution is 5.97. The molecule has 0 aromatic rings. The van der Waals surface area contributed by atoms with Crippen molar-refractivity contribution in [2.75, 3.05) is 20.3 Å². The lowest BCUT2D eigenvalue weighted by Crippen LogP contribution is -2.55. The van der Waals surface area contributed by atoms with Gasteiger partial charge in [-0.3, -0.25) is 0 Å². The molecule has 0 radical (unpaired) electrons. The first-order valence-corrected chi connectivity index (χ1v) is 9.43. The van der Waals surface area contributed by atoms with Crippen molar-refractivity contribution < 1.29 is 9.53 Å². The zero-order valence-electron chi connectivity index (χ0n) is 14.8. The first-order chi connectivity index (χ1) is 11.6. The zero-order valence-corrected chi connectivity index (χ0v) is 14.8. The van der Waals surface area contributed by atoms with E-state index in [0.29, 0.717) is 24.5 Å². The molecule has 5 aliphatic rings. The van der Waals surface area contributed by atoms with Gasteiger partial charge < -0.3 is 15.0 Å². The summed E-state index contributed by atoms with van der Waals surface area (Å²) >= 11 is 0. The molecule has 0 spiro atoms. The molecule has 4 fully saturated rings. The van der Waals surface area contributed by atoms with Gasteiger partial charge in [-0.05, 0) is 68.3 Å². The summed E-state index contributed by atoms with van der Waals surface area (Å²) < 4.78 is 5.15. The van der Waals surface area contributed by atoms with E-state index < -0.39 is 0 Å². The second-order valence-corrected chi connectivity index (χ2v) is 8.27. The molecule has 0 saturated heterocycles. The van der Waals surface area contributed by atoms with Crippen LogP contribution in [0, 0.1) is 23.7 Å². The van der Waals surface area contributed by atoms with E-state index in [1.54, 1.807) is 7.11 Å². The monoisotopic (exact) mass is 331 g/mol. The number of urea groups is 1. The molecule has 5 heteroatoms. The lowest BCUT2D eigenvalue weighted by Gasteiger charge is -2.54. The number of amides is 2. The van der Waals surface area contributed by atoms with Gasteiger partial charge in [0, 0.05) is 32.3 Å². The number of rotatable bonds is 4. The van der Waals surface area contributed by atoms with Crippen LogP contribution in [0.25, 0.3) is 0 Å². The SMILES string of the molecule is COCCN1C=C(C)C/C1=N/C(=O)NC1C2CC3CC(C2)CC1C3. The summed E-state index contributed by atoms with van der Waals surface area (Å²) in [7, 11) is 1.70. The van der Waals surface area contributed by atoms with Crippen LogP contribution in [0.5, 0.6) is 0 Å². The third-order valence-electron chi connectivity index (χ3n) is 6.43. The quantitative estimate of drug-likeness (QED) is 0.861. The number of aliphatic imine (C=N–C) groups is 1. The van der Waals surface area contributed by atoms with Crippen LogP contribution < -0.4 is 5.32 Å². The van der Waals surface area contributed by atoms with Crippen LogP contribution in [-0.2, 0) is 4.74 Å². The molecule has 1 heterocycles. The Labute approximate surface area is 144 Å². The fraction of sp³-hybridized carbons (Fsp3) is 0.789. The van der Waals surface area contributed by atoms with Gasteiger partial charge in [0.05, 0.1) is 6.61 Å². The molecule has 4 aliphatic carbocycles. The maximum Gasteiger partial charge on any atom is 0.342 e. The Hall–Kier alpha value is -1.36. The van der Waals surface area contributed by atoms with Crippen molar-refractivity contribution in [1.82, 2.24) is 10.2 Å². The van der Waals surface area contributed by atoms with Gasteiger partial charge in [-0.1, -0.05) is 0 Å². The number of hydrogen-bond acceptors (Lipinski definition) is 2. The molecule has 5 nitrogen and oxygen atoms in total. The topological polar surface area (TPSA) is 53.9 Å². The standard InChI is InChI=1S/C19H29N3O2/c1-12-5-17(22(11-12)3-4-24-2)20-19(23)21-18-15-7-13-6-14(9-15)10-16(18)8-13/h11,13-16,18H,3-10H2,1-2H3,(H,21,23)/b20-17-. The number of nitrogens with zero attached hydrogens (tertiary/aromatic N) is 2. The number of ether oxygens (including phenoxy) is 1. The molecule has 4 saturated carbocycles. The number of methoxy groups -OCH3 is 1. The van der Waals surface area contributed by atoms with Crippen molar-refractivity contribution >= 4 is 11.9 Å². The fourth-order valence-electron chi connectivity index (χ4n) is 5.68. The summed E-state index contributed by atoms with van der Waals surface area (Å²) in [5.41, 5.74) is 1.24. The minimum atomic E-state index is -0.145. The van der Waals surface area contributed by atoms with Crippen molar-refractivity contribution in [2.45, 2.75) is 51.5 Å². The molecule has 4 bridgehead atoms. The highest BCUT2D eigenvalue weighted by Gasteiger charge is 2.48. The Morgan fingerprint density at radius 1 is 1.25 bits per heavy atom. The van der Waals surface area contributed by atoms with E-state index in [9.17, 15) is 4.79 Å². The van der Waals surface area contributed by atoms with Crippen molar-refractivity contribution in [3.63, 3.8) is 0 Å². The van der Waals surface area contributed by atoms with E-state index in [4.69, 9.17) is 4.74 Å². The Balaban J connectivity index is 1.39. The number of carbonyl (C=O) groups excluding carboxylic acids is 1. The Bertz CT molecular complexity index is 541. The van der Waals surface area contributed by atoms with E-state index in [-0.39, 0.29) is 6.03 Å². The van der Waals surface area contributed by atoms with Crippen LogP contribution in [0.15, 0.2) is 16.8 Å². The van der Waals surface area contributed by atoms with E-state index in [1.807, 2.05) is 0 Å². The summed E-state index contributed by atoms with van der Waals surface area (Å²) in [6, 6.07) is 0.213. The van der Waals surface area contributed by atoms with Crippen LogP contribution in [0.3, 0.4) is 0 Å². The molecule has 0 aromatic carbocycles. The van der Waals surface area contributed by atoms with Gasteiger partial charge in [0.25, 0.3) is 0 Å². The molecule has 0 aromatic heterocycles. The highest BCUT2D eigenvalue weighted by Crippen LogP contribution is 2.53. The first kappa shape index (κ1) is 16.1. The molecule has 132 valence electrons. The normalized spacial score (nSPS) is 38.8. The smallest absolute Gasteiger partial charge is 0.342 e. The highest BCUT2D eigenvalue weighted by atomic mass is 16.5. The Morgan fingerprint density at radius 3 is 2.54 bits per heavy atom. The van der Waals surface area contributed by atoms with Crippen LogP contribution >= 0.6 is 0 Å². The molecule has 24 heavy (non-hydrogen) atoms. The average molecular weight is 331 g/mol. The van der Waals surface area contributed by atoms with Crippen LogP contribution in [0.1, 0.15) is 45.4 Å². The molecular weight excluding hydrogens is 302 g/mol. The number of nitrogens with one attached hydrogen (secondary N) is 1. The predicted octanol–water partition coefficient (Wildman–Crippen LogP) is 3.18. The summed E-state index contributed by atoms with van der Waals surface area (Å²) in [4.78, 5) is 19.0. The number of amidine groups is 1. The summed E-state index contributed by atoms with van der Waals surface area (Å²) in [6.45, 7) is 3.47. The molecule has 0 unspecified atom stereocenters. The lowest BCUT2D eigenvalue weighted by molar-refractivity contribution is -0.00901. The van der Waals surface area contributed by atoms with Gasteiger partial charge in [0.2, 0.25) is 0 Å². The van der Waals surface area contributed by atoms with Gasteiger partial charge in [0.1, 0.15) is 5.84 Å². The van der Waals surface area contributed by atoms with Crippen molar-refractivity contribution in [3.8, 4) is 0 Å². The number of hydrogen-bond donors (Lipinski definition) is 1. The minimum absolute atomic E-state index is 0.145. The minimum Gasteiger partial charge on any atom is -0.383 e. The van der Waals surface area contributed by atoms with Crippen LogP contribution in [0.2, 0.25) is 0 Å². The van der Waals surface area contributed by atoms with E-state index in [1.165, 1.54) is 37.7 Å². The Morgan fingerprint density at radius 2 is 1.92 bits per heavy atom. The fourth-order valence-corrected chi connectivity index (χ4v) is 5.68. The maximum absolute atomic E-state index is 12.5. The largest absolute Gasteiger partial charge is 0.383 e. The van der Waals surface area contributed by atoms with Gasteiger partial charge in [0.15, 0.2) is 0 Å². The van der Waals surface area contributed by atoms with Gasteiger partial charge in [-0.25, -0.2) is 4.79 Å². The third kappa shape index (κ3) is 3.10. The second-order valence-electron chi connectivity index (χ2n) is 8.27. The molecule has 2 amide bonds. The van der Waals surface area contributed by atoms with E-state index in [2.05, 4.69) is 28.3 Å². The van der Waals surface area contributed by atoms with Crippen LogP contribution in [0.4, 0.5) is 4.79 Å². The molecule has 1 N–H and O–H groups in total. The lowest BCUT2D eigenvalue weighted by atomic mass is 9.54. The van der Waals surface area contributed by atoms with Crippen molar-refractivity contribution in [3.05, 3.63) is 11.8 Å². The average Bonchev–Trinajstić information content (AvgIpc) is 2.87. The summed E-state index contributed by atoms with van der Waals surface area (Å²) in [5.74, 6) is 4.10. The van der Waals surface area contributed by atoms with Gasteiger partial charge in [-0.15, -0.1) is 0 Å². The third-order valence-corrected chi connectivity index (χ3v) is 6.43. The molecule has 0 atom stereocenters. The summed E-state index contributed by atoms with van der Waals surface area (Å²) in [6.07, 6.45) is 9.54. The van der Waals surface area contributed by atoms with Crippen molar-refractivity contribution in [2.24, 2.45) is 28.7 Å².